The maximum Gasteiger partial charge on any atom is 0.115 e. The van der Waals surface area contributed by atoms with Gasteiger partial charge < -0.3 is 10.4 Å². The van der Waals surface area contributed by atoms with E-state index >= 15 is 0 Å². The first-order chi connectivity index (χ1) is 7.75. The summed E-state index contributed by atoms with van der Waals surface area (Å²) < 4.78 is 0. The van der Waals surface area contributed by atoms with Gasteiger partial charge in [-0.1, -0.05) is 12.1 Å². The van der Waals surface area contributed by atoms with Crippen LogP contribution in [-0.4, -0.2) is 10.1 Å². The molecular formula is C13H14N2O. The molecule has 16 heavy (non-hydrogen) atoms. The minimum absolute atomic E-state index is 0.294. The van der Waals surface area contributed by atoms with Crippen molar-refractivity contribution in [1.29, 1.82) is 0 Å². The molecule has 0 radical (unpaired) electrons. The molecule has 2 rings (SSSR count). The molecule has 0 atom stereocenters. The number of aromatic hydroxyl groups is 1. The van der Waals surface area contributed by atoms with Crippen LogP contribution in [0.1, 0.15) is 11.1 Å². The van der Waals surface area contributed by atoms with Crippen molar-refractivity contribution in [2.24, 2.45) is 0 Å². The lowest BCUT2D eigenvalue weighted by atomic mass is 10.2. The Morgan fingerprint density at radius 3 is 2.94 bits per heavy atom. The van der Waals surface area contributed by atoms with Crippen molar-refractivity contribution in [2.75, 3.05) is 5.32 Å². The lowest BCUT2D eigenvalue weighted by molar-refractivity contribution is 0.474. The highest BCUT2D eigenvalue weighted by molar-refractivity contribution is 5.48. The predicted molar refractivity (Wildman–Crippen MR) is 64.4 cm³/mol. The number of rotatable bonds is 3. The number of nitrogens with one attached hydrogen (secondary N) is 1. The van der Waals surface area contributed by atoms with E-state index in [0.29, 0.717) is 12.3 Å². The fourth-order valence-corrected chi connectivity index (χ4v) is 1.51. The Labute approximate surface area is 94.8 Å². The predicted octanol–water partition coefficient (Wildman–Crippen LogP) is 2.71. The maximum atomic E-state index is 9.32. The van der Waals surface area contributed by atoms with Crippen molar-refractivity contribution in [3.8, 4) is 5.75 Å². The molecule has 1 aromatic heterocycles. The lowest BCUT2D eigenvalue weighted by Crippen LogP contribution is -2.01. The van der Waals surface area contributed by atoms with Crippen molar-refractivity contribution in [2.45, 2.75) is 13.5 Å². The van der Waals surface area contributed by atoms with Crippen LogP contribution in [0.4, 0.5) is 5.69 Å². The van der Waals surface area contributed by atoms with E-state index in [4.69, 9.17) is 0 Å². The third kappa shape index (κ3) is 2.51. The number of benzene rings is 1. The summed E-state index contributed by atoms with van der Waals surface area (Å²) in [5.74, 6) is 0.294. The molecule has 0 saturated carbocycles. The summed E-state index contributed by atoms with van der Waals surface area (Å²) >= 11 is 0. The van der Waals surface area contributed by atoms with Gasteiger partial charge in [0.25, 0.3) is 0 Å². The van der Waals surface area contributed by atoms with Crippen LogP contribution in [0.2, 0.25) is 0 Å². The molecule has 1 aromatic carbocycles. The number of anilines is 1. The Morgan fingerprint density at radius 2 is 2.19 bits per heavy atom. The molecule has 1 heterocycles. The molecule has 0 unspecified atom stereocenters. The molecule has 0 aliphatic rings. The minimum Gasteiger partial charge on any atom is -0.508 e. The number of hydrogen-bond donors (Lipinski definition) is 2. The highest BCUT2D eigenvalue weighted by Gasteiger charge is 1.98. The molecule has 2 aromatic rings. The van der Waals surface area contributed by atoms with Crippen LogP contribution < -0.4 is 5.32 Å². The zero-order chi connectivity index (χ0) is 11.4. The van der Waals surface area contributed by atoms with E-state index in [1.807, 2.05) is 25.1 Å². The van der Waals surface area contributed by atoms with E-state index in [1.165, 1.54) is 0 Å². The van der Waals surface area contributed by atoms with Gasteiger partial charge in [-0.2, -0.15) is 0 Å². The van der Waals surface area contributed by atoms with Gasteiger partial charge in [0, 0.05) is 12.7 Å². The number of pyridine rings is 1. The average molecular weight is 214 g/mol. The summed E-state index contributed by atoms with van der Waals surface area (Å²) in [6, 6.07) is 9.18. The van der Waals surface area contributed by atoms with E-state index < -0.39 is 0 Å². The third-order valence-electron chi connectivity index (χ3n) is 2.43. The van der Waals surface area contributed by atoms with E-state index in [-0.39, 0.29) is 0 Å². The fourth-order valence-electron chi connectivity index (χ4n) is 1.51. The molecule has 0 aliphatic heterocycles. The summed E-state index contributed by atoms with van der Waals surface area (Å²) in [6.45, 7) is 2.72. The largest absolute Gasteiger partial charge is 0.508 e. The number of phenolic OH excluding ortho intramolecular Hbond substituents is 1. The third-order valence-corrected chi connectivity index (χ3v) is 2.43. The maximum absolute atomic E-state index is 9.32. The second-order valence-corrected chi connectivity index (χ2v) is 3.71. The lowest BCUT2D eigenvalue weighted by Gasteiger charge is -2.08. The number of nitrogens with zero attached hydrogens (tertiary/aromatic N) is 1. The van der Waals surface area contributed by atoms with Gasteiger partial charge in [0.05, 0.1) is 11.9 Å². The van der Waals surface area contributed by atoms with Crippen molar-refractivity contribution in [1.82, 2.24) is 4.98 Å². The number of aryl methyl sites for hydroxylation is 1. The SMILES string of the molecule is Cc1ccncc1NCc1cccc(O)c1. The van der Waals surface area contributed by atoms with Crippen LogP contribution in [0.5, 0.6) is 5.75 Å². The molecule has 3 nitrogen and oxygen atoms in total. The second-order valence-electron chi connectivity index (χ2n) is 3.71. The van der Waals surface area contributed by atoms with Crippen molar-refractivity contribution in [3.63, 3.8) is 0 Å². The first-order valence-corrected chi connectivity index (χ1v) is 5.18. The zero-order valence-electron chi connectivity index (χ0n) is 9.14. The molecular weight excluding hydrogens is 200 g/mol. The summed E-state index contributed by atoms with van der Waals surface area (Å²) in [7, 11) is 0. The van der Waals surface area contributed by atoms with Crippen molar-refractivity contribution < 1.29 is 5.11 Å². The van der Waals surface area contributed by atoms with E-state index in [9.17, 15) is 5.11 Å². The van der Waals surface area contributed by atoms with Gasteiger partial charge in [-0.3, -0.25) is 4.98 Å². The molecule has 0 aliphatic carbocycles. The number of hydrogen-bond acceptors (Lipinski definition) is 3. The van der Waals surface area contributed by atoms with Gasteiger partial charge in [0.1, 0.15) is 5.75 Å². The van der Waals surface area contributed by atoms with Crippen LogP contribution in [0.25, 0.3) is 0 Å². The van der Waals surface area contributed by atoms with Crippen molar-refractivity contribution in [3.05, 3.63) is 53.9 Å². The van der Waals surface area contributed by atoms with Crippen molar-refractivity contribution >= 4 is 5.69 Å². The molecule has 3 heteroatoms. The van der Waals surface area contributed by atoms with Crippen LogP contribution >= 0.6 is 0 Å². The second kappa shape index (κ2) is 4.66. The Morgan fingerprint density at radius 1 is 1.31 bits per heavy atom. The smallest absolute Gasteiger partial charge is 0.115 e. The van der Waals surface area contributed by atoms with Gasteiger partial charge in [-0.25, -0.2) is 0 Å². The Kier molecular flexibility index (Phi) is 3.05. The first kappa shape index (κ1) is 10.5. The van der Waals surface area contributed by atoms with Crippen LogP contribution in [-0.2, 0) is 6.54 Å². The standard InChI is InChI=1S/C13H14N2O/c1-10-5-6-14-9-13(10)15-8-11-3-2-4-12(16)7-11/h2-7,9,15-16H,8H2,1H3. The highest BCUT2D eigenvalue weighted by Crippen LogP contribution is 2.15. The molecule has 2 N–H and O–H groups in total. The fraction of sp³-hybridized carbons (Fsp3) is 0.154. The van der Waals surface area contributed by atoms with Gasteiger partial charge in [0.15, 0.2) is 0 Å². The van der Waals surface area contributed by atoms with Gasteiger partial charge in [-0.05, 0) is 36.2 Å². The quantitative estimate of drug-likeness (QED) is 0.825. The van der Waals surface area contributed by atoms with Gasteiger partial charge in [-0.15, -0.1) is 0 Å². The first-order valence-electron chi connectivity index (χ1n) is 5.18. The summed E-state index contributed by atoms with van der Waals surface area (Å²) in [6.07, 6.45) is 3.58. The molecule has 0 saturated heterocycles. The van der Waals surface area contributed by atoms with Crippen LogP contribution in [0, 0.1) is 6.92 Å². The van der Waals surface area contributed by atoms with E-state index in [0.717, 1.165) is 16.8 Å². The summed E-state index contributed by atoms with van der Waals surface area (Å²) in [5, 5.41) is 12.6. The zero-order valence-corrected chi connectivity index (χ0v) is 9.14. The monoisotopic (exact) mass is 214 g/mol. The summed E-state index contributed by atoms with van der Waals surface area (Å²) in [4.78, 5) is 4.06. The number of phenols is 1. The topological polar surface area (TPSA) is 45.2 Å². The molecule has 0 spiro atoms. The summed E-state index contributed by atoms with van der Waals surface area (Å²) in [5.41, 5.74) is 3.23. The highest BCUT2D eigenvalue weighted by atomic mass is 16.3. The molecule has 0 amide bonds. The van der Waals surface area contributed by atoms with Crippen LogP contribution in [0.15, 0.2) is 42.7 Å². The normalized spacial score (nSPS) is 10.1. The van der Waals surface area contributed by atoms with Gasteiger partial charge >= 0.3 is 0 Å². The Balaban J connectivity index is 2.05. The minimum atomic E-state index is 0.294. The molecule has 0 fully saturated rings. The Hall–Kier alpha value is -2.03. The van der Waals surface area contributed by atoms with E-state index in [1.54, 1.807) is 24.5 Å². The van der Waals surface area contributed by atoms with Crippen LogP contribution in [0.3, 0.4) is 0 Å². The number of aromatic nitrogens is 1. The van der Waals surface area contributed by atoms with Gasteiger partial charge in [0.2, 0.25) is 0 Å². The molecule has 82 valence electrons. The average Bonchev–Trinajstić information content (AvgIpc) is 2.28. The van der Waals surface area contributed by atoms with E-state index in [2.05, 4.69) is 10.3 Å². The molecule has 0 bridgehead atoms. The Bertz CT molecular complexity index is 483.